The quantitative estimate of drug-likeness (QED) is 0.718. The number of ketones is 1. The van der Waals surface area contributed by atoms with E-state index in [1.165, 1.54) is 24.0 Å². The third-order valence-electron chi connectivity index (χ3n) is 3.70. The van der Waals surface area contributed by atoms with Crippen LogP contribution in [-0.4, -0.2) is 5.78 Å². The predicted molar refractivity (Wildman–Crippen MR) is 62.0 cm³/mol. The second-order valence-electron chi connectivity index (χ2n) is 4.71. The van der Waals surface area contributed by atoms with Crippen LogP contribution in [0.2, 0.25) is 0 Å². The van der Waals surface area contributed by atoms with Crippen molar-refractivity contribution in [1.29, 1.82) is 0 Å². The van der Waals surface area contributed by atoms with E-state index in [2.05, 4.69) is 31.2 Å². The fourth-order valence-corrected chi connectivity index (χ4v) is 2.77. The van der Waals surface area contributed by atoms with Crippen LogP contribution in [0.3, 0.4) is 0 Å². The molecule has 1 aromatic carbocycles. The van der Waals surface area contributed by atoms with Crippen molar-refractivity contribution in [2.24, 2.45) is 0 Å². The predicted octanol–water partition coefficient (Wildman–Crippen LogP) is 3.40. The van der Waals surface area contributed by atoms with E-state index in [9.17, 15) is 4.79 Å². The van der Waals surface area contributed by atoms with Gasteiger partial charge in [-0.05, 0) is 32.3 Å². The van der Waals surface area contributed by atoms with Crippen LogP contribution in [0, 0.1) is 6.92 Å². The Kier molecular flexibility index (Phi) is 2.64. The van der Waals surface area contributed by atoms with E-state index in [0.717, 1.165) is 12.8 Å². The lowest BCUT2D eigenvalue weighted by atomic mass is 9.75. The van der Waals surface area contributed by atoms with E-state index >= 15 is 0 Å². The van der Waals surface area contributed by atoms with Crippen LogP contribution in [0.15, 0.2) is 24.3 Å². The van der Waals surface area contributed by atoms with Gasteiger partial charge in [-0.1, -0.05) is 42.7 Å². The second kappa shape index (κ2) is 3.80. The lowest BCUT2D eigenvalue weighted by Crippen LogP contribution is -2.30. The van der Waals surface area contributed by atoms with Gasteiger partial charge in [0.05, 0.1) is 5.41 Å². The van der Waals surface area contributed by atoms with Crippen LogP contribution in [0.25, 0.3) is 0 Å². The van der Waals surface area contributed by atoms with Gasteiger partial charge in [0.1, 0.15) is 5.78 Å². The van der Waals surface area contributed by atoms with E-state index in [4.69, 9.17) is 0 Å². The van der Waals surface area contributed by atoms with Crippen molar-refractivity contribution in [3.05, 3.63) is 35.4 Å². The highest BCUT2D eigenvalue weighted by Crippen LogP contribution is 2.41. The summed E-state index contributed by atoms with van der Waals surface area (Å²) in [6.07, 6.45) is 4.44. The van der Waals surface area contributed by atoms with Gasteiger partial charge in [0.25, 0.3) is 0 Å². The molecule has 1 aliphatic rings. The van der Waals surface area contributed by atoms with E-state index in [1.807, 2.05) is 0 Å². The fourth-order valence-electron chi connectivity index (χ4n) is 2.77. The number of hydrogen-bond donors (Lipinski definition) is 0. The summed E-state index contributed by atoms with van der Waals surface area (Å²) in [6.45, 7) is 3.83. The smallest absolute Gasteiger partial charge is 0.140 e. The molecule has 80 valence electrons. The fraction of sp³-hybridized carbons (Fsp3) is 0.500. The lowest BCUT2D eigenvalue weighted by Gasteiger charge is -2.26. The molecule has 0 saturated heterocycles. The molecule has 15 heavy (non-hydrogen) atoms. The lowest BCUT2D eigenvalue weighted by molar-refractivity contribution is -0.122. The maximum absolute atomic E-state index is 11.9. The van der Waals surface area contributed by atoms with Crippen molar-refractivity contribution in [1.82, 2.24) is 0 Å². The summed E-state index contributed by atoms with van der Waals surface area (Å²) in [7, 11) is 0. The Morgan fingerprint density at radius 2 is 1.93 bits per heavy atom. The van der Waals surface area contributed by atoms with Gasteiger partial charge in [-0.15, -0.1) is 0 Å². The topological polar surface area (TPSA) is 17.1 Å². The molecule has 0 N–H and O–H groups in total. The Morgan fingerprint density at radius 1 is 1.27 bits per heavy atom. The molecule has 1 nitrogen and oxygen atoms in total. The van der Waals surface area contributed by atoms with Crippen LogP contribution in [0.4, 0.5) is 0 Å². The van der Waals surface area contributed by atoms with Crippen LogP contribution < -0.4 is 0 Å². The molecule has 0 heterocycles. The van der Waals surface area contributed by atoms with Crippen LogP contribution in [-0.2, 0) is 10.2 Å². The van der Waals surface area contributed by atoms with Gasteiger partial charge < -0.3 is 0 Å². The Balaban J connectivity index is 2.45. The van der Waals surface area contributed by atoms with E-state index in [0.29, 0.717) is 5.78 Å². The monoisotopic (exact) mass is 202 g/mol. The first-order chi connectivity index (χ1) is 7.15. The number of carbonyl (C=O) groups excluding carboxylic acids is 1. The van der Waals surface area contributed by atoms with Gasteiger partial charge in [0.2, 0.25) is 0 Å². The molecule has 1 saturated carbocycles. The van der Waals surface area contributed by atoms with E-state index in [1.54, 1.807) is 6.92 Å². The Labute approximate surface area is 91.5 Å². The van der Waals surface area contributed by atoms with Crippen molar-refractivity contribution in [3.8, 4) is 0 Å². The van der Waals surface area contributed by atoms with Gasteiger partial charge in [0, 0.05) is 0 Å². The summed E-state index contributed by atoms with van der Waals surface area (Å²) in [5.41, 5.74) is 2.32. The Hall–Kier alpha value is -1.11. The zero-order chi connectivity index (χ0) is 10.9. The molecule has 0 aromatic heterocycles. The zero-order valence-electron chi connectivity index (χ0n) is 9.55. The SMILES string of the molecule is CC(=O)C1(c2cccc(C)c2)CCCC1. The van der Waals surface area contributed by atoms with E-state index in [-0.39, 0.29) is 5.41 Å². The number of rotatable bonds is 2. The first kappa shape index (κ1) is 10.4. The molecule has 0 radical (unpaired) electrons. The number of carbonyl (C=O) groups is 1. The second-order valence-corrected chi connectivity index (χ2v) is 4.71. The molecule has 0 bridgehead atoms. The highest BCUT2D eigenvalue weighted by molar-refractivity contribution is 5.88. The highest BCUT2D eigenvalue weighted by atomic mass is 16.1. The molecule has 1 aliphatic carbocycles. The first-order valence-corrected chi connectivity index (χ1v) is 5.73. The van der Waals surface area contributed by atoms with Gasteiger partial charge in [-0.2, -0.15) is 0 Å². The molecule has 0 atom stereocenters. The molecular formula is C14H18O. The molecular weight excluding hydrogens is 184 g/mol. The summed E-state index contributed by atoms with van der Waals surface area (Å²) in [5, 5.41) is 0. The third-order valence-corrected chi connectivity index (χ3v) is 3.70. The molecule has 0 amide bonds. The number of benzene rings is 1. The number of hydrogen-bond acceptors (Lipinski definition) is 1. The maximum Gasteiger partial charge on any atom is 0.140 e. The number of Topliss-reactive ketones (excluding diaryl/α,β-unsaturated/α-hetero) is 1. The molecule has 1 aromatic rings. The van der Waals surface area contributed by atoms with Gasteiger partial charge in [-0.3, -0.25) is 4.79 Å². The molecule has 0 spiro atoms. The van der Waals surface area contributed by atoms with Crippen molar-refractivity contribution in [2.45, 2.75) is 44.9 Å². The average Bonchev–Trinajstić information content (AvgIpc) is 2.67. The number of aryl methyl sites for hydroxylation is 1. The minimum absolute atomic E-state index is 0.161. The maximum atomic E-state index is 11.9. The molecule has 1 fully saturated rings. The summed E-state index contributed by atoms with van der Waals surface area (Å²) >= 11 is 0. The molecule has 0 aliphatic heterocycles. The zero-order valence-corrected chi connectivity index (χ0v) is 9.55. The molecule has 0 unspecified atom stereocenters. The largest absolute Gasteiger partial charge is 0.299 e. The van der Waals surface area contributed by atoms with Gasteiger partial charge in [-0.25, -0.2) is 0 Å². The average molecular weight is 202 g/mol. The molecule has 1 heteroatoms. The molecule has 2 rings (SSSR count). The van der Waals surface area contributed by atoms with Gasteiger partial charge >= 0.3 is 0 Å². The van der Waals surface area contributed by atoms with Crippen molar-refractivity contribution < 1.29 is 4.79 Å². The van der Waals surface area contributed by atoms with Gasteiger partial charge in [0.15, 0.2) is 0 Å². The van der Waals surface area contributed by atoms with Crippen molar-refractivity contribution in [3.63, 3.8) is 0 Å². The Morgan fingerprint density at radius 3 is 2.47 bits per heavy atom. The summed E-state index contributed by atoms with van der Waals surface area (Å²) in [5.74, 6) is 0.339. The van der Waals surface area contributed by atoms with Crippen molar-refractivity contribution >= 4 is 5.78 Å². The minimum Gasteiger partial charge on any atom is -0.299 e. The van der Waals surface area contributed by atoms with Crippen LogP contribution >= 0.6 is 0 Å². The normalized spacial score (nSPS) is 19.1. The summed E-state index contributed by atoms with van der Waals surface area (Å²) < 4.78 is 0. The van der Waals surface area contributed by atoms with Crippen LogP contribution in [0.1, 0.15) is 43.7 Å². The summed E-state index contributed by atoms with van der Waals surface area (Å²) in [4.78, 5) is 11.9. The van der Waals surface area contributed by atoms with Crippen molar-refractivity contribution in [2.75, 3.05) is 0 Å². The standard InChI is InChI=1S/C14H18O/c1-11-6-5-7-13(10-11)14(12(2)15)8-3-4-9-14/h5-7,10H,3-4,8-9H2,1-2H3. The van der Waals surface area contributed by atoms with Crippen LogP contribution in [0.5, 0.6) is 0 Å². The summed E-state index contributed by atoms with van der Waals surface area (Å²) in [6, 6.07) is 8.44. The minimum atomic E-state index is -0.161. The highest BCUT2D eigenvalue weighted by Gasteiger charge is 2.39. The Bertz CT molecular complexity index is 373. The third kappa shape index (κ3) is 1.71. The first-order valence-electron chi connectivity index (χ1n) is 5.73. The van der Waals surface area contributed by atoms with E-state index < -0.39 is 0 Å².